The molecule has 6 heteroatoms. The first-order valence-corrected chi connectivity index (χ1v) is 7.48. The molecule has 3 rings (SSSR count). The molecule has 0 bridgehead atoms. The van der Waals surface area contributed by atoms with Gasteiger partial charge in [0.25, 0.3) is 5.91 Å². The Morgan fingerprint density at radius 3 is 2.62 bits per heavy atom. The summed E-state index contributed by atoms with van der Waals surface area (Å²) >= 11 is 0. The second-order valence-electron chi connectivity index (χ2n) is 5.24. The van der Waals surface area contributed by atoms with Crippen LogP contribution in [-0.4, -0.2) is 23.2 Å². The van der Waals surface area contributed by atoms with Crippen LogP contribution in [0.5, 0.6) is 5.75 Å². The zero-order valence-corrected chi connectivity index (χ0v) is 13.4. The van der Waals surface area contributed by atoms with Gasteiger partial charge in [-0.3, -0.25) is 4.79 Å². The summed E-state index contributed by atoms with van der Waals surface area (Å²) in [6.45, 7) is 2.15. The molecule has 6 nitrogen and oxygen atoms in total. The van der Waals surface area contributed by atoms with E-state index in [0.29, 0.717) is 23.0 Å². The Kier molecular flexibility index (Phi) is 4.56. The minimum Gasteiger partial charge on any atom is -0.497 e. The highest BCUT2D eigenvalue weighted by Crippen LogP contribution is 2.19. The van der Waals surface area contributed by atoms with Gasteiger partial charge in [-0.25, -0.2) is 0 Å². The van der Waals surface area contributed by atoms with E-state index >= 15 is 0 Å². The van der Waals surface area contributed by atoms with Gasteiger partial charge in [-0.2, -0.15) is 4.98 Å². The number of rotatable bonds is 5. The van der Waals surface area contributed by atoms with Gasteiger partial charge in [0.2, 0.25) is 11.7 Å². The van der Waals surface area contributed by atoms with Gasteiger partial charge in [-0.1, -0.05) is 29.4 Å². The molecule has 1 heterocycles. The minimum atomic E-state index is -0.215. The van der Waals surface area contributed by atoms with Gasteiger partial charge in [0.05, 0.1) is 13.7 Å². The highest BCUT2D eigenvalue weighted by atomic mass is 16.5. The summed E-state index contributed by atoms with van der Waals surface area (Å²) in [7, 11) is 1.58. The molecule has 2 aromatic carbocycles. The third-order valence-corrected chi connectivity index (χ3v) is 3.61. The molecule has 122 valence electrons. The number of carbonyl (C=O) groups excluding carboxylic acids is 1. The van der Waals surface area contributed by atoms with E-state index in [-0.39, 0.29) is 12.5 Å². The second-order valence-corrected chi connectivity index (χ2v) is 5.24. The predicted molar refractivity (Wildman–Crippen MR) is 88.6 cm³/mol. The molecule has 1 amide bonds. The maximum absolute atomic E-state index is 12.1. The first-order chi connectivity index (χ1) is 11.7. The van der Waals surface area contributed by atoms with Crippen LogP contribution in [-0.2, 0) is 6.54 Å². The Morgan fingerprint density at radius 1 is 1.17 bits per heavy atom. The number of ether oxygens (including phenoxy) is 1. The van der Waals surface area contributed by atoms with Crippen molar-refractivity contribution in [3.63, 3.8) is 0 Å². The number of nitrogens with zero attached hydrogens (tertiary/aromatic N) is 2. The molecule has 0 spiro atoms. The van der Waals surface area contributed by atoms with Crippen LogP contribution in [0.3, 0.4) is 0 Å². The van der Waals surface area contributed by atoms with E-state index in [0.717, 1.165) is 11.1 Å². The summed E-state index contributed by atoms with van der Waals surface area (Å²) in [4.78, 5) is 16.4. The summed E-state index contributed by atoms with van der Waals surface area (Å²) < 4.78 is 10.3. The van der Waals surface area contributed by atoms with Crippen LogP contribution in [0.4, 0.5) is 0 Å². The second kappa shape index (κ2) is 6.95. The van der Waals surface area contributed by atoms with Crippen LogP contribution >= 0.6 is 0 Å². The molecule has 0 saturated heterocycles. The average molecular weight is 323 g/mol. The van der Waals surface area contributed by atoms with E-state index < -0.39 is 0 Å². The molecule has 1 N–H and O–H groups in total. The van der Waals surface area contributed by atoms with Crippen LogP contribution in [0, 0.1) is 6.92 Å². The lowest BCUT2D eigenvalue weighted by molar-refractivity contribution is 0.0946. The van der Waals surface area contributed by atoms with Gasteiger partial charge in [-0.05, 0) is 36.8 Å². The number of hydrogen-bond acceptors (Lipinski definition) is 5. The number of methoxy groups -OCH3 is 1. The molecule has 0 radical (unpaired) electrons. The van der Waals surface area contributed by atoms with Crippen molar-refractivity contribution in [2.75, 3.05) is 7.11 Å². The van der Waals surface area contributed by atoms with Crippen molar-refractivity contribution in [1.82, 2.24) is 15.5 Å². The first-order valence-electron chi connectivity index (χ1n) is 7.48. The standard InChI is InChI=1S/C18H17N3O3/c1-12-5-3-4-6-15(12)17-20-16(24-21-17)11-19-18(22)13-7-9-14(23-2)10-8-13/h3-10H,11H2,1-2H3,(H,19,22). The van der Waals surface area contributed by atoms with Crippen LogP contribution in [0.25, 0.3) is 11.4 Å². The zero-order chi connectivity index (χ0) is 16.9. The molecule has 0 saturated carbocycles. The number of aryl methyl sites for hydroxylation is 1. The van der Waals surface area contributed by atoms with E-state index in [9.17, 15) is 4.79 Å². The maximum atomic E-state index is 12.1. The molecular weight excluding hydrogens is 306 g/mol. The largest absolute Gasteiger partial charge is 0.497 e. The fourth-order valence-corrected chi connectivity index (χ4v) is 2.26. The van der Waals surface area contributed by atoms with E-state index in [1.54, 1.807) is 31.4 Å². The molecule has 0 aliphatic heterocycles. The van der Waals surface area contributed by atoms with Crippen molar-refractivity contribution in [1.29, 1.82) is 0 Å². The normalized spacial score (nSPS) is 10.4. The molecule has 3 aromatic rings. The van der Waals surface area contributed by atoms with Gasteiger partial charge in [-0.15, -0.1) is 0 Å². The Bertz CT molecular complexity index is 841. The summed E-state index contributed by atoms with van der Waals surface area (Å²) in [5.74, 6) is 1.36. The quantitative estimate of drug-likeness (QED) is 0.781. The van der Waals surface area contributed by atoms with Crippen molar-refractivity contribution >= 4 is 5.91 Å². The first kappa shape index (κ1) is 15.7. The minimum absolute atomic E-state index is 0.170. The lowest BCUT2D eigenvalue weighted by Crippen LogP contribution is -2.22. The Hall–Kier alpha value is -3.15. The molecular formula is C18H17N3O3. The van der Waals surface area contributed by atoms with Crippen LogP contribution in [0.15, 0.2) is 53.1 Å². The molecule has 0 aliphatic rings. The lowest BCUT2D eigenvalue weighted by atomic mass is 10.1. The summed E-state index contributed by atoms with van der Waals surface area (Å²) in [5.41, 5.74) is 2.51. The average Bonchev–Trinajstić information content (AvgIpc) is 3.09. The van der Waals surface area contributed by atoms with Crippen LogP contribution in [0.1, 0.15) is 21.8 Å². The molecule has 0 unspecified atom stereocenters. The zero-order valence-electron chi connectivity index (χ0n) is 13.4. The fourth-order valence-electron chi connectivity index (χ4n) is 2.26. The van der Waals surface area contributed by atoms with Gasteiger partial charge >= 0.3 is 0 Å². The smallest absolute Gasteiger partial charge is 0.251 e. The van der Waals surface area contributed by atoms with Crippen molar-refractivity contribution in [2.24, 2.45) is 0 Å². The van der Waals surface area contributed by atoms with Gasteiger partial charge < -0.3 is 14.6 Å². The SMILES string of the molecule is COc1ccc(C(=O)NCc2nc(-c3ccccc3C)no2)cc1. The van der Waals surface area contributed by atoms with E-state index in [1.165, 1.54) is 0 Å². The van der Waals surface area contributed by atoms with Crippen LogP contribution in [0.2, 0.25) is 0 Å². The number of benzene rings is 2. The van der Waals surface area contributed by atoms with Crippen LogP contribution < -0.4 is 10.1 Å². The Labute approximate surface area is 139 Å². The number of nitrogens with one attached hydrogen (secondary N) is 1. The van der Waals surface area contributed by atoms with Gasteiger partial charge in [0, 0.05) is 11.1 Å². The highest BCUT2D eigenvalue weighted by Gasteiger charge is 2.12. The summed E-state index contributed by atoms with van der Waals surface area (Å²) in [6, 6.07) is 14.6. The van der Waals surface area contributed by atoms with E-state index in [2.05, 4.69) is 15.5 Å². The summed E-state index contributed by atoms with van der Waals surface area (Å²) in [6.07, 6.45) is 0. The maximum Gasteiger partial charge on any atom is 0.251 e. The third kappa shape index (κ3) is 3.43. The van der Waals surface area contributed by atoms with Crippen molar-refractivity contribution in [3.8, 4) is 17.1 Å². The molecule has 0 aliphatic carbocycles. The molecule has 0 fully saturated rings. The fraction of sp³-hybridized carbons (Fsp3) is 0.167. The number of aromatic nitrogens is 2. The topological polar surface area (TPSA) is 77.2 Å². The van der Waals surface area contributed by atoms with E-state index in [4.69, 9.17) is 9.26 Å². The van der Waals surface area contributed by atoms with Crippen molar-refractivity contribution < 1.29 is 14.1 Å². The molecule has 0 atom stereocenters. The van der Waals surface area contributed by atoms with Crippen molar-refractivity contribution in [2.45, 2.75) is 13.5 Å². The predicted octanol–water partition coefficient (Wildman–Crippen LogP) is 2.98. The van der Waals surface area contributed by atoms with Gasteiger partial charge in [0.15, 0.2) is 0 Å². The Morgan fingerprint density at radius 2 is 1.92 bits per heavy atom. The lowest BCUT2D eigenvalue weighted by Gasteiger charge is -2.03. The number of hydrogen-bond donors (Lipinski definition) is 1. The molecule has 24 heavy (non-hydrogen) atoms. The highest BCUT2D eigenvalue weighted by molar-refractivity contribution is 5.94. The molecule has 1 aromatic heterocycles. The monoisotopic (exact) mass is 323 g/mol. The number of carbonyl (C=O) groups is 1. The third-order valence-electron chi connectivity index (χ3n) is 3.61. The van der Waals surface area contributed by atoms with E-state index in [1.807, 2.05) is 31.2 Å². The van der Waals surface area contributed by atoms with Gasteiger partial charge in [0.1, 0.15) is 5.75 Å². The summed E-state index contributed by atoms with van der Waals surface area (Å²) in [5, 5.41) is 6.72. The Balaban J connectivity index is 1.65. The van der Waals surface area contributed by atoms with Crippen molar-refractivity contribution in [3.05, 3.63) is 65.5 Å². The number of amides is 1.